The Morgan fingerprint density at radius 1 is 1.32 bits per heavy atom. The summed E-state index contributed by atoms with van der Waals surface area (Å²) in [7, 11) is 1.74. The molecule has 2 fully saturated rings. The number of methoxy groups -OCH3 is 1. The molecule has 1 N–H and O–H groups in total. The van der Waals surface area contributed by atoms with Crippen molar-refractivity contribution < 1.29 is 14.3 Å². The highest BCUT2D eigenvalue weighted by Crippen LogP contribution is 2.19. The molecule has 0 aromatic heterocycles. The summed E-state index contributed by atoms with van der Waals surface area (Å²) in [4.78, 5) is 26.9. The van der Waals surface area contributed by atoms with E-state index < -0.39 is 0 Å². The molecular formula is C13H23N3O3. The van der Waals surface area contributed by atoms with Gasteiger partial charge in [0.15, 0.2) is 0 Å². The van der Waals surface area contributed by atoms with Gasteiger partial charge in [0.2, 0.25) is 0 Å². The predicted molar refractivity (Wildman–Crippen MR) is 70.7 cm³/mol. The smallest absolute Gasteiger partial charge is 0.324 e. The van der Waals surface area contributed by atoms with Crippen LogP contribution in [-0.4, -0.2) is 67.2 Å². The van der Waals surface area contributed by atoms with E-state index in [1.807, 2.05) is 0 Å². The number of carbonyl (C=O) groups is 2. The van der Waals surface area contributed by atoms with Crippen molar-refractivity contribution >= 4 is 11.9 Å². The van der Waals surface area contributed by atoms with Gasteiger partial charge in [0, 0.05) is 26.7 Å². The number of hydrogen-bond donors (Lipinski definition) is 1. The molecule has 19 heavy (non-hydrogen) atoms. The molecule has 2 heterocycles. The zero-order valence-electron chi connectivity index (χ0n) is 11.9. The van der Waals surface area contributed by atoms with Crippen molar-refractivity contribution in [1.82, 2.24) is 15.1 Å². The Bertz CT molecular complexity index is 361. The Hall–Kier alpha value is -1.14. The van der Waals surface area contributed by atoms with E-state index in [4.69, 9.17) is 4.74 Å². The molecule has 0 saturated carbocycles. The topological polar surface area (TPSA) is 61.9 Å². The van der Waals surface area contributed by atoms with Crippen LogP contribution in [0.5, 0.6) is 0 Å². The number of imide groups is 1. The lowest BCUT2D eigenvalue weighted by atomic mass is 9.96. The van der Waals surface area contributed by atoms with Gasteiger partial charge in [-0.2, -0.15) is 0 Å². The standard InChI is InChI=1S/C13H23N3O3/c1-9-4-5-15(8-11(9)19-3)6-7-16-12(17)10(2)14-13(16)18/h9-11H,4-8H2,1-3H3,(H,14,18). The number of nitrogens with one attached hydrogen (secondary N) is 1. The van der Waals surface area contributed by atoms with E-state index in [2.05, 4.69) is 17.1 Å². The molecule has 0 radical (unpaired) electrons. The van der Waals surface area contributed by atoms with Gasteiger partial charge in [-0.15, -0.1) is 0 Å². The molecule has 108 valence electrons. The van der Waals surface area contributed by atoms with Crippen LogP contribution >= 0.6 is 0 Å². The van der Waals surface area contributed by atoms with Crippen LogP contribution in [0.15, 0.2) is 0 Å². The third kappa shape index (κ3) is 3.06. The molecule has 2 aliphatic heterocycles. The Labute approximate surface area is 114 Å². The normalized spacial score (nSPS) is 32.8. The Balaban J connectivity index is 1.83. The maximum atomic E-state index is 11.8. The first kappa shape index (κ1) is 14.3. The second-order valence-corrected chi connectivity index (χ2v) is 5.50. The Morgan fingerprint density at radius 3 is 2.63 bits per heavy atom. The van der Waals surface area contributed by atoms with Gasteiger partial charge < -0.3 is 10.1 Å². The zero-order chi connectivity index (χ0) is 14.0. The van der Waals surface area contributed by atoms with Crippen LogP contribution in [0.3, 0.4) is 0 Å². The van der Waals surface area contributed by atoms with Crippen LogP contribution in [0, 0.1) is 5.92 Å². The lowest BCUT2D eigenvalue weighted by molar-refractivity contribution is -0.127. The molecule has 3 unspecified atom stereocenters. The Kier molecular flexibility index (Phi) is 4.42. The number of carbonyl (C=O) groups excluding carboxylic acids is 2. The SMILES string of the molecule is COC1CN(CCN2C(=O)NC(C)C2=O)CCC1C. The average Bonchev–Trinajstić information content (AvgIpc) is 2.63. The summed E-state index contributed by atoms with van der Waals surface area (Å²) < 4.78 is 5.46. The van der Waals surface area contributed by atoms with Crippen molar-refractivity contribution in [3.05, 3.63) is 0 Å². The van der Waals surface area contributed by atoms with Crippen molar-refractivity contribution in [2.45, 2.75) is 32.4 Å². The average molecular weight is 269 g/mol. The number of nitrogens with zero attached hydrogens (tertiary/aromatic N) is 2. The van der Waals surface area contributed by atoms with E-state index in [9.17, 15) is 9.59 Å². The molecule has 2 aliphatic rings. The molecule has 0 spiro atoms. The van der Waals surface area contributed by atoms with Crippen LogP contribution in [0.25, 0.3) is 0 Å². The molecule has 3 amide bonds. The highest BCUT2D eigenvalue weighted by atomic mass is 16.5. The molecule has 2 rings (SSSR count). The number of ether oxygens (including phenoxy) is 1. The molecule has 0 aliphatic carbocycles. The van der Waals surface area contributed by atoms with Crippen LogP contribution < -0.4 is 5.32 Å². The first-order valence-corrected chi connectivity index (χ1v) is 6.90. The molecular weight excluding hydrogens is 246 g/mol. The van der Waals surface area contributed by atoms with Crippen molar-refractivity contribution in [3.8, 4) is 0 Å². The van der Waals surface area contributed by atoms with E-state index in [0.29, 0.717) is 12.5 Å². The molecule has 0 aromatic rings. The van der Waals surface area contributed by atoms with E-state index in [-0.39, 0.29) is 24.1 Å². The number of amides is 3. The molecule has 0 aromatic carbocycles. The third-order valence-electron chi connectivity index (χ3n) is 4.14. The summed E-state index contributed by atoms with van der Waals surface area (Å²) in [5, 5.41) is 2.63. The molecule has 2 saturated heterocycles. The minimum absolute atomic E-state index is 0.126. The van der Waals surface area contributed by atoms with Gasteiger partial charge >= 0.3 is 6.03 Å². The van der Waals surface area contributed by atoms with Crippen molar-refractivity contribution in [2.24, 2.45) is 5.92 Å². The van der Waals surface area contributed by atoms with E-state index in [1.54, 1.807) is 14.0 Å². The van der Waals surface area contributed by atoms with Gasteiger partial charge in [0.1, 0.15) is 6.04 Å². The number of rotatable bonds is 4. The van der Waals surface area contributed by atoms with Gasteiger partial charge in [-0.3, -0.25) is 14.6 Å². The summed E-state index contributed by atoms with van der Waals surface area (Å²) in [6.07, 6.45) is 1.34. The van der Waals surface area contributed by atoms with Crippen molar-refractivity contribution in [1.29, 1.82) is 0 Å². The summed E-state index contributed by atoms with van der Waals surface area (Å²) in [5.74, 6) is 0.441. The van der Waals surface area contributed by atoms with Crippen molar-refractivity contribution in [2.75, 3.05) is 33.3 Å². The second-order valence-electron chi connectivity index (χ2n) is 5.50. The van der Waals surface area contributed by atoms with Gasteiger partial charge in [-0.05, 0) is 25.8 Å². The van der Waals surface area contributed by atoms with Crippen LogP contribution in [0.1, 0.15) is 20.3 Å². The third-order valence-corrected chi connectivity index (χ3v) is 4.14. The maximum absolute atomic E-state index is 11.8. The number of piperidine rings is 1. The maximum Gasteiger partial charge on any atom is 0.324 e. The number of urea groups is 1. The highest BCUT2D eigenvalue weighted by molar-refractivity contribution is 6.03. The zero-order valence-corrected chi connectivity index (χ0v) is 11.9. The fourth-order valence-electron chi connectivity index (χ4n) is 2.72. The first-order chi connectivity index (χ1) is 9.02. The highest BCUT2D eigenvalue weighted by Gasteiger charge is 2.35. The minimum atomic E-state index is -0.388. The van der Waals surface area contributed by atoms with E-state index in [0.717, 1.165) is 26.1 Å². The van der Waals surface area contributed by atoms with Gasteiger partial charge in [0.05, 0.1) is 6.10 Å². The van der Waals surface area contributed by atoms with Gasteiger partial charge in [-0.1, -0.05) is 6.92 Å². The summed E-state index contributed by atoms with van der Waals surface area (Å²) in [5.41, 5.74) is 0. The lowest BCUT2D eigenvalue weighted by Crippen LogP contribution is -2.47. The minimum Gasteiger partial charge on any atom is -0.380 e. The fourth-order valence-corrected chi connectivity index (χ4v) is 2.72. The Morgan fingerprint density at radius 2 is 2.05 bits per heavy atom. The van der Waals surface area contributed by atoms with Gasteiger partial charge in [-0.25, -0.2) is 4.79 Å². The fraction of sp³-hybridized carbons (Fsp3) is 0.846. The lowest BCUT2D eigenvalue weighted by Gasteiger charge is -2.36. The predicted octanol–water partition coefficient (Wildman–Crippen LogP) is 0.284. The van der Waals surface area contributed by atoms with E-state index in [1.165, 1.54) is 4.90 Å². The number of hydrogen-bond acceptors (Lipinski definition) is 4. The summed E-state index contributed by atoms with van der Waals surface area (Å²) in [6, 6.07) is -0.660. The van der Waals surface area contributed by atoms with Crippen molar-refractivity contribution in [3.63, 3.8) is 0 Å². The van der Waals surface area contributed by atoms with E-state index >= 15 is 0 Å². The summed E-state index contributed by atoms with van der Waals surface area (Å²) in [6.45, 7) is 6.96. The molecule has 0 bridgehead atoms. The number of likely N-dealkylation sites (tertiary alicyclic amines) is 1. The second kappa shape index (κ2) is 5.88. The van der Waals surface area contributed by atoms with Crippen LogP contribution in [0.4, 0.5) is 4.79 Å². The van der Waals surface area contributed by atoms with Crippen LogP contribution in [0.2, 0.25) is 0 Å². The quantitative estimate of drug-likeness (QED) is 0.745. The largest absolute Gasteiger partial charge is 0.380 e. The van der Waals surface area contributed by atoms with Gasteiger partial charge in [0.25, 0.3) is 5.91 Å². The van der Waals surface area contributed by atoms with Crippen LogP contribution in [-0.2, 0) is 9.53 Å². The molecule has 3 atom stereocenters. The first-order valence-electron chi connectivity index (χ1n) is 6.90. The molecule has 6 heteroatoms. The monoisotopic (exact) mass is 269 g/mol. The molecule has 6 nitrogen and oxygen atoms in total. The summed E-state index contributed by atoms with van der Waals surface area (Å²) >= 11 is 0.